The third-order valence-corrected chi connectivity index (χ3v) is 4.99. The number of nitrogens with zero attached hydrogens (tertiary/aromatic N) is 2. The van der Waals surface area contributed by atoms with Crippen molar-refractivity contribution in [1.82, 2.24) is 9.29 Å². The van der Waals surface area contributed by atoms with Crippen LogP contribution in [0.25, 0.3) is 0 Å². The van der Waals surface area contributed by atoms with Crippen molar-refractivity contribution in [1.29, 1.82) is 0 Å². The van der Waals surface area contributed by atoms with E-state index in [1.807, 2.05) is 12.1 Å². The van der Waals surface area contributed by atoms with Gasteiger partial charge in [0, 0.05) is 26.0 Å². The van der Waals surface area contributed by atoms with Crippen LogP contribution in [0.3, 0.4) is 0 Å². The molecule has 0 atom stereocenters. The zero-order valence-corrected chi connectivity index (χ0v) is 12.3. The van der Waals surface area contributed by atoms with Crippen molar-refractivity contribution in [2.24, 2.45) is 0 Å². The standard InChI is InChI=1S/C14H16FN3O2S/c1-18(9-6-11-4-7-17-8-5-11)21(19,20)12-2-3-13(15)14(16)10-12/h2-5,7-8,10H,6,9,16H2,1H3. The van der Waals surface area contributed by atoms with E-state index in [0.29, 0.717) is 13.0 Å². The maximum absolute atomic E-state index is 13.1. The molecule has 0 bridgehead atoms. The first-order valence-electron chi connectivity index (χ1n) is 6.31. The molecule has 2 aromatic rings. The van der Waals surface area contributed by atoms with Gasteiger partial charge in [0.25, 0.3) is 0 Å². The average Bonchev–Trinajstić information content (AvgIpc) is 2.48. The highest BCUT2D eigenvalue weighted by Gasteiger charge is 2.21. The highest BCUT2D eigenvalue weighted by molar-refractivity contribution is 7.89. The molecule has 1 aromatic heterocycles. The van der Waals surface area contributed by atoms with Crippen LogP contribution in [0.2, 0.25) is 0 Å². The number of nitrogens with two attached hydrogens (primary N) is 1. The summed E-state index contributed by atoms with van der Waals surface area (Å²) in [6, 6.07) is 7.06. The maximum atomic E-state index is 13.1. The summed E-state index contributed by atoms with van der Waals surface area (Å²) in [4.78, 5) is 3.89. The second kappa shape index (κ2) is 6.19. The van der Waals surface area contributed by atoms with Crippen molar-refractivity contribution in [2.45, 2.75) is 11.3 Å². The van der Waals surface area contributed by atoms with Crippen LogP contribution in [-0.4, -0.2) is 31.3 Å². The van der Waals surface area contributed by atoms with Gasteiger partial charge in [0.2, 0.25) is 10.0 Å². The number of halogens is 1. The number of anilines is 1. The van der Waals surface area contributed by atoms with E-state index in [1.54, 1.807) is 12.4 Å². The molecule has 0 saturated carbocycles. The number of benzene rings is 1. The SMILES string of the molecule is CN(CCc1ccncc1)S(=O)(=O)c1ccc(F)c(N)c1. The molecule has 1 heterocycles. The Labute approximate surface area is 123 Å². The molecule has 0 radical (unpaired) electrons. The van der Waals surface area contributed by atoms with E-state index in [2.05, 4.69) is 4.98 Å². The predicted octanol–water partition coefficient (Wildman–Crippen LogP) is 1.67. The molecule has 2 N–H and O–H groups in total. The van der Waals surface area contributed by atoms with Crippen LogP contribution >= 0.6 is 0 Å². The Morgan fingerprint density at radius 2 is 1.90 bits per heavy atom. The molecule has 0 unspecified atom stereocenters. The minimum absolute atomic E-state index is 0.0152. The molecular formula is C14H16FN3O2S. The minimum Gasteiger partial charge on any atom is -0.396 e. The monoisotopic (exact) mass is 309 g/mol. The van der Waals surface area contributed by atoms with E-state index < -0.39 is 15.8 Å². The van der Waals surface area contributed by atoms with Gasteiger partial charge in [-0.05, 0) is 42.3 Å². The molecule has 21 heavy (non-hydrogen) atoms. The second-order valence-corrected chi connectivity index (χ2v) is 6.66. The molecule has 0 spiro atoms. The first kappa shape index (κ1) is 15.4. The molecular weight excluding hydrogens is 293 g/mol. The molecule has 112 valence electrons. The van der Waals surface area contributed by atoms with Crippen molar-refractivity contribution in [2.75, 3.05) is 19.3 Å². The van der Waals surface area contributed by atoms with Gasteiger partial charge in [-0.1, -0.05) is 0 Å². The number of aromatic nitrogens is 1. The van der Waals surface area contributed by atoms with E-state index in [1.165, 1.54) is 17.4 Å². The van der Waals surface area contributed by atoms with Crippen LogP contribution in [-0.2, 0) is 16.4 Å². The molecule has 7 heteroatoms. The Hall–Kier alpha value is -1.99. The number of hydrogen-bond donors (Lipinski definition) is 1. The fourth-order valence-electron chi connectivity index (χ4n) is 1.82. The number of rotatable bonds is 5. The zero-order valence-electron chi connectivity index (χ0n) is 11.5. The van der Waals surface area contributed by atoms with E-state index in [4.69, 9.17) is 5.73 Å². The van der Waals surface area contributed by atoms with Crippen LogP contribution in [0.5, 0.6) is 0 Å². The molecule has 1 aromatic carbocycles. The summed E-state index contributed by atoms with van der Waals surface area (Å²) in [5, 5.41) is 0. The minimum atomic E-state index is -3.68. The average molecular weight is 309 g/mol. The van der Waals surface area contributed by atoms with Gasteiger partial charge in [-0.2, -0.15) is 0 Å². The maximum Gasteiger partial charge on any atom is 0.242 e. The van der Waals surface area contributed by atoms with Gasteiger partial charge < -0.3 is 5.73 Å². The molecule has 2 rings (SSSR count). The molecule has 0 aliphatic heterocycles. The topological polar surface area (TPSA) is 76.3 Å². The van der Waals surface area contributed by atoms with Gasteiger partial charge >= 0.3 is 0 Å². The first-order valence-corrected chi connectivity index (χ1v) is 7.75. The van der Waals surface area contributed by atoms with Crippen LogP contribution in [0.15, 0.2) is 47.6 Å². The summed E-state index contributed by atoms with van der Waals surface area (Å²) in [6.07, 6.45) is 3.88. The van der Waals surface area contributed by atoms with Crippen LogP contribution < -0.4 is 5.73 Å². The summed E-state index contributed by atoms with van der Waals surface area (Å²) < 4.78 is 39.0. The number of likely N-dealkylation sites (N-methyl/N-ethyl adjacent to an activating group) is 1. The fraction of sp³-hybridized carbons (Fsp3) is 0.214. The van der Waals surface area contributed by atoms with Crippen molar-refractivity contribution in [3.8, 4) is 0 Å². The Morgan fingerprint density at radius 3 is 2.52 bits per heavy atom. The lowest BCUT2D eigenvalue weighted by molar-refractivity contribution is 0.472. The summed E-state index contributed by atoms with van der Waals surface area (Å²) in [5.41, 5.74) is 6.23. The van der Waals surface area contributed by atoms with Crippen LogP contribution in [0.1, 0.15) is 5.56 Å². The fourth-order valence-corrected chi connectivity index (χ4v) is 3.03. The lowest BCUT2D eigenvalue weighted by Crippen LogP contribution is -2.29. The quantitative estimate of drug-likeness (QED) is 0.852. The molecule has 0 aliphatic rings. The first-order chi connectivity index (χ1) is 9.91. The molecule has 0 fully saturated rings. The smallest absolute Gasteiger partial charge is 0.242 e. The molecule has 0 amide bonds. The van der Waals surface area contributed by atoms with Crippen molar-refractivity contribution in [3.63, 3.8) is 0 Å². The Kier molecular flexibility index (Phi) is 4.54. The van der Waals surface area contributed by atoms with Crippen molar-refractivity contribution in [3.05, 3.63) is 54.1 Å². The van der Waals surface area contributed by atoms with Gasteiger partial charge in [-0.3, -0.25) is 4.98 Å². The number of pyridine rings is 1. The Bertz CT molecular complexity index is 720. The molecule has 5 nitrogen and oxygen atoms in total. The van der Waals surface area contributed by atoms with Gasteiger partial charge in [0.15, 0.2) is 0 Å². The Morgan fingerprint density at radius 1 is 1.24 bits per heavy atom. The lowest BCUT2D eigenvalue weighted by Gasteiger charge is -2.17. The summed E-state index contributed by atoms with van der Waals surface area (Å²) in [5.74, 6) is -0.631. The van der Waals surface area contributed by atoms with Crippen LogP contribution in [0.4, 0.5) is 10.1 Å². The molecule has 0 aliphatic carbocycles. The van der Waals surface area contributed by atoms with Crippen LogP contribution in [0, 0.1) is 5.82 Å². The van der Waals surface area contributed by atoms with Gasteiger partial charge in [-0.25, -0.2) is 17.1 Å². The van der Waals surface area contributed by atoms with Gasteiger partial charge in [-0.15, -0.1) is 0 Å². The van der Waals surface area contributed by atoms with Crippen molar-refractivity contribution < 1.29 is 12.8 Å². The summed E-state index contributed by atoms with van der Waals surface area (Å²) >= 11 is 0. The summed E-state index contributed by atoms with van der Waals surface area (Å²) in [6.45, 7) is 0.309. The number of nitrogen functional groups attached to an aromatic ring is 1. The lowest BCUT2D eigenvalue weighted by atomic mass is 10.2. The normalized spacial score (nSPS) is 11.8. The highest BCUT2D eigenvalue weighted by Crippen LogP contribution is 2.19. The predicted molar refractivity (Wildman–Crippen MR) is 78.6 cm³/mol. The van der Waals surface area contributed by atoms with E-state index >= 15 is 0 Å². The van der Waals surface area contributed by atoms with Gasteiger partial charge in [0.05, 0.1) is 10.6 Å². The summed E-state index contributed by atoms with van der Waals surface area (Å²) in [7, 11) is -2.20. The van der Waals surface area contributed by atoms with E-state index in [9.17, 15) is 12.8 Å². The Balaban J connectivity index is 2.13. The largest absolute Gasteiger partial charge is 0.396 e. The highest BCUT2D eigenvalue weighted by atomic mass is 32.2. The number of sulfonamides is 1. The zero-order chi connectivity index (χ0) is 15.5. The van der Waals surface area contributed by atoms with Crippen molar-refractivity contribution >= 4 is 15.7 Å². The van der Waals surface area contributed by atoms with Gasteiger partial charge in [0.1, 0.15) is 5.82 Å². The third-order valence-electron chi connectivity index (χ3n) is 3.14. The second-order valence-electron chi connectivity index (χ2n) is 4.62. The van der Waals surface area contributed by atoms with E-state index in [-0.39, 0.29) is 10.6 Å². The van der Waals surface area contributed by atoms with E-state index in [0.717, 1.165) is 17.7 Å². The third kappa shape index (κ3) is 3.56. The molecule has 0 saturated heterocycles. The number of hydrogen-bond acceptors (Lipinski definition) is 4.